The monoisotopic (exact) mass is 287 g/mol. The minimum absolute atomic E-state index is 0.0226. The van der Waals surface area contributed by atoms with E-state index in [1.54, 1.807) is 6.92 Å². The third-order valence-corrected chi connectivity index (χ3v) is 3.56. The fraction of sp³-hybridized carbons (Fsp3) is 0.400. The molecule has 1 saturated heterocycles. The van der Waals surface area contributed by atoms with E-state index in [4.69, 9.17) is 9.26 Å². The van der Waals surface area contributed by atoms with Gasteiger partial charge in [0.15, 0.2) is 0 Å². The predicted octanol–water partition coefficient (Wildman–Crippen LogP) is 2.59. The van der Waals surface area contributed by atoms with E-state index in [1.807, 2.05) is 23.1 Å². The lowest BCUT2D eigenvalue weighted by atomic mass is 10.1. The zero-order valence-electron chi connectivity index (χ0n) is 11.9. The molecule has 1 aromatic heterocycles. The van der Waals surface area contributed by atoms with Crippen molar-refractivity contribution in [1.29, 1.82) is 0 Å². The number of anilines is 1. The Morgan fingerprint density at radius 1 is 1.43 bits per heavy atom. The van der Waals surface area contributed by atoms with Gasteiger partial charge in [-0.3, -0.25) is 0 Å². The maximum atomic E-state index is 11.6. The number of rotatable bonds is 4. The van der Waals surface area contributed by atoms with Crippen molar-refractivity contribution in [2.75, 3.05) is 18.1 Å². The van der Waals surface area contributed by atoms with Crippen LogP contribution in [0.25, 0.3) is 0 Å². The number of benzene rings is 1. The molecule has 2 aromatic rings. The van der Waals surface area contributed by atoms with E-state index in [0.29, 0.717) is 12.6 Å². The number of nitrogens with zero attached hydrogens (tertiary/aromatic N) is 3. The van der Waals surface area contributed by atoms with Gasteiger partial charge in [-0.05, 0) is 30.5 Å². The number of hydrogen-bond donors (Lipinski definition) is 0. The molecule has 21 heavy (non-hydrogen) atoms. The average Bonchev–Trinajstić information content (AvgIpc) is 3.17. The summed E-state index contributed by atoms with van der Waals surface area (Å²) < 4.78 is 10.1. The van der Waals surface area contributed by atoms with Crippen LogP contribution in [0.3, 0.4) is 0 Å². The molecular formula is C15H17N3O3. The summed E-state index contributed by atoms with van der Waals surface area (Å²) in [7, 11) is 0. The normalized spacial score (nSPS) is 18.0. The lowest BCUT2D eigenvalue weighted by Gasteiger charge is -2.22. The summed E-state index contributed by atoms with van der Waals surface area (Å²) in [6, 6.07) is 10.8. The molecule has 0 N–H and O–H groups in total. The van der Waals surface area contributed by atoms with E-state index < -0.39 is 5.97 Å². The molecule has 110 valence electrons. The van der Waals surface area contributed by atoms with E-state index in [1.165, 1.54) is 5.56 Å². The first-order valence-corrected chi connectivity index (χ1v) is 7.12. The number of carbonyl (C=O) groups excluding carboxylic acids is 1. The summed E-state index contributed by atoms with van der Waals surface area (Å²) in [4.78, 5) is 17.8. The van der Waals surface area contributed by atoms with Crippen molar-refractivity contribution in [2.24, 2.45) is 0 Å². The summed E-state index contributed by atoms with van der Waals surface area (Å²) in [6.45, 7) is 2.87. The lowest BCUT2D eigenvalue weighted by molar-refractivity contribution is 0.0508. The van der Waals surface area contributed by atoms with Crippen LogP contribution in [0, 0.1) is 0 Å². The van der Waals surface area contributed by atoms with E-state index in [2.05, 4.69) is 22.3 Å². The number of hydrogen-bond acceptors (Lipinski definition) is 6. The Kier molecular flexibility index (Phi) is 3.85. The second kappa shape index (κ2) is 5.95. The number of aromatic nitrogens is 2. The molecule has 0 aliphatic carbocycles. The summed E-state index contributed by atoms with van der Waals surface area (Å²) in [6.07, 6.45) is 2.08. The molecule has 0 amide bonds. The molecule has 1 aliphatic rings. The van der Waals surface area contributed by atoms with Crippen LogP contribution in [0.15, 0.2) is 34.9 Å². The third kappa shape index (κ3) is 2.74. The highest BCUT2D eigenvalue weighted by atomic mass is 16.5. The van der Waals surface area contributed by atoms with Crippen LogP contribution in [0.2, 0.25) is 0 Å². The predicted molar refractivity (Wildman–Crippen MR) is 76.0 cm³/mol. The van der Waals surface area contributed by atoms with E-state index in [-0.39, 0.29) is 11.9 Å². The molecular weight excluding hydrogens is 270 g/mol. The van der Waals surface area contributed by atoms with Gasteiger partial charge in [-0.25, -0.2) is 4.79 Å². The van der Waals surface area contributed by atoms with E-state index >= 15 is 0 Å². The van der Waals surface area contributed by atoms with Crippen LogP contribution in [0.5, 0.6) is 0 Å². The first-order valence-electron chi connectivity index (χ1n) is 7.12. The summed E-state index contributed by atoms with van der Waals surface area (Å²) in [5.74, 6) is -0.575. The molecule has 2 heterocycles. The molecule has 3 rings (SSSR count). The van der Waals surface area contributed by atoms with Gasteiger partial charge in [0.05, 0.1) is 12.6 Å². The summed E-state index contributed by atoms with van der Waals surface area (Å²) in [5.41, 5.74) is 1.21. The van der Waals surface area contributed by atoms with Crippen LogP contribution >= 0.6 is 0 Å². The fourth-order valence-electron chi connectivity index (χ4n) is 2.63. The van der Waals surface area contributed by atoms with Crippen molar-refractivity contribution in [3.63, 3.8) is 0 Å². The molecule has 6 nitrogen and oxygen atoms in total. The van der Waals surface area contributed by atoms with Gasteiger partial charge in [-0.1, -0.05) is 30.3 Å². The molecule has 0 radical (unpaired) electrons. The first kappa shape index (κ1) is 13.6. The van der Waals surface area contributed by atoms with Crippen molar-refractivity contribution >= 4 is 12.0 Å². The Bertz CT molecular complexity index is 612. The molecule has 0 bridgehead atoms. The Hall–Kier alpha value is -2.37. The molecule has 1 aromatic carbocycles. The lowest BCUT2D eigenvalue weighted by Crippen LogP contribution is -2.23. The van der Waals surface area contributed by atoms with Crippen molar-refractivity contribution in [3.05, 3.63) is 41.7 Å². The minimum atomic E-state index is -0.553. The molecule has 1 atom stereocenters. The van der Waals surface area contributed by atoms with Gasteiger partial charge < -0.3 is 14.2 Å². The highest BCUT2D eigenvalue weighted by Gasteiger charge is 2.30. The second-order valence-corrected chi connectivity index (χ2v) is 4.88. The zero-order valence-corrected chi connectivity index (χ0v) is 11.9. The quantitative estimate of drug-likeness (QED) is 0.805. The SMILES string of the molecule is CCOC(=O)c1noc(N2CCCC2c2ccccc2)n1. The van der Waals surface area contributed by atoms with Gasteiger partial charge in [-0.15, -0.1) is 0 Å². The zero-order chi connectivity index (χ0) is 14.7. The Balaban J connectivity index is 1.81. The molecule has 1 fully saturated rings. The highest BCUT2D eigenvalue weighted by Crippen LogP contribution is 2.35. The summed E-state index contributed by atoms with van der Waals surface area (Å²) >= 11 is 0. The largest absolute Gasteiger partial charge is 0.460 e. The number of esters is 1. The third-order valence-electron chi connectivity index (χ3n) is 3.56. The molecule has 0 spiro atoms. The van der Waals surface area contributed by atoms with Gasteiger partial charge in [0, 0.05) is 6.54 Å². The van der Waals surface area contributed by atoms with Crippen LogP contribution in [-0.4, -0.2) is 29.3 Å². The van der Waals surface area contributed by atoms with Crippen LogP contribution in [-0.2, 0) is 4.74 Å². The van der Waals surface area contributed by atoms with Gasteiger partial charge in [0.25, 0.3) is 5.82 Å². The molecule has 6 heteroatoms. The Morgan fingerprint density at radius 2 is 2.24 bits per heavy atom. The van der Waals surface area contributed by atoms with E-state index in [9.17, 15) is 4.79 Å². The number of carbonyl (C=O) groups is 1. The topological polar surface area (TPSA) is 68.5 Å². The van der Waals surface area contributed by atoms with E-state index in [0.717, 1.165) is 19.4 Å². The van der Waals surface area contributed by atoms with Crippen molar-refractivity contribution in [2.45, 2.75) is 25.8 Å². The van der Waals surface area contributed by atoms with Crippen LogP contribution in [0.1, 0.15) is 42.0 Å². The van der Waals surface area contributed by atoms with Crippen molar-refractivity contribution < 1.29 is 14.1 Å². The van der Waals surface area contributed by atoms with Crippen LogP contribution < -0.4 is 4.90 Å². The maximum absolute atomic E-state index is 11.6. The highest BCUT2D eigenvalue weighted by molar-refractivity contribution is 5.85. The maximum Gasteiger partial charge on any atom is 0.380 e. The second-order valence-electron chi connectivity index (χ2n) is 4.88. The van der Waals surface area contributed by atoms with Gasteiger partial charge in [-0.2, -0.15) is 4.98 Å². The number of ether oxygens (including phenoxy) is 1. The minimum Gasteiger partial charge on any atom is -0.460 e. The average molecular weight is 287 g/mol. The van der Waals surface area contributed by atoms with Gasteiger partial charge >= 0.3 is 12.0 Å². The smallest absolute Gasteiger partial charge is 0.380 e. The van der Waals surface area contributed by atoms with Gasteiger partial charge in [0.2, 0.25) is 0 Å². The first-order chi connectivity index (χ1) is 10.3. The van der Waals surface area contributed by atoms with Crippen molar-refractivity contribution in [3.8, 4) is 0 Å². The molecule has 1 aliphatic heterocycles. The summed E-state index contributed by atoms with van der Waals surface area (Å²) in [5, 5.41) is 3.71. The van der Waals surface area contributed by atoms with Crippen LogP contribution in [0.4, 0.5) is 6.01 Å². The van der Waals surface area contributed by atoms with Crippen molar-refractivity contribution in [1.82, 2.24) is 10.1 Å². The molecule has 1 unspecified atom stereocenters. The molecule has 0 saturated carbocycles. The Morgan fingerprint density at radius 3 is 3.00 bits per heavy atom. The standard InChI is InChI=1S/C15H17N3O3/c1-2-20-14(19)13-16-15(21-17-13)18-10-6-9-12(18)11-7-4-3-5-8-11/h3-5,7-8,12H,2,6,9-10H2,1H3. The fourth-order valence-corrected chi connectivity index (χ4v) is 2.63. The Labute approximate surface area is 122 Å². The van der Waals surface area contributed by atoms with Gasteiger partial charge in [0.1, 0.15) is 0 Å².